The van der Waals surface area contributed by atoms with Gasteiger partial charge in [0.1, 0.15) is 0 Å². The van der Waals surface area contributed by atoms with Crippen molar-refractivity contribution in [3.63, 3.8) is 0 Å². The van der Waals surface area contributed by atoms with Gasteiger partial charge in [0.25, 0.3) is 0 Å². The molecule has 0 spiro atoms. The number of piperidine rings is 2. The average molecular weight is 424 g/mol. The first kappa shape index (κ1) is 22.5. The summed E-state index contributed by atoms with van der Waals surface area (Å²) in [5.74, 6) is 1.12. The van der Waals surface area contributed by atoms with E-state index in [0.717, 1.165) is 13.1 Å². The van der Waals surface area contributed by atoms with Crippen molar-refractivity contribution < 1.29 is 0 Å². The fourth-order valence-electron chi connectivity index (χ4n) is 5.82. The molecule has 0 bridgehead atoms. The fraction of sp³-hybridized carbons (Fsp3) is 0.692. The molecule has 2 aliphatic rings. The van der Waals surface area contributed by atoms with Gasteiger partial charge in [-0.1, -0.05) is 6.07 Å². The highest BCUT2D eigenvalue weighted by Crippen LogP contribution is 2.37. The van der Waals surface area contributed by atoms with Crippen LogP contribution in [0.15, 0.2) is 18.3 Å². The van der Waals surface area contributed by atoms with Gasteiger partial charge in [-0.2, -0.15) is 5.10 Å². The van der Waals surface area contributed by atoms with Gasteiger partial charge in [0.15, 0.2) is 0 Å². The molecule has 0 saturated carbocycles. The van der Waals surface area contributed by atoms with Crippen molar-refractivity contribution in [3.8, 4) is 0 Å². The normalized spacial score (nSPS) is 22.4. The van der Waals surface area contributed by atoms with E-state index in [1.807, 2.05) is 6.20 Å². The Morgan fingerprint density at radius 2 is 1.77 bits per heavy atom. The highest BCUT2D eigenvalue weighted by Gasteiger charge is 2.36. The molecule has 0 aromatic carbocycles. The maximum absolute atomic E-state index is 5.15. The van der Waals surface area contributed by atoms with E-state index in [1.54, 1.807) is 0 Å². The average Bonchev–Trinajstić information content (AvgIpc) is 3.19. The van der Waals surface area contributed by atoms with Gasteiger partial charge in [-0.05, 0) is 104 Å². The number of hydrogen-bond donors (Lipinski definition) is 1. The number of H-pyrrole nitrogens is 1. The van der Waals surface area contributed by atoms with Crippen LogP contribution in [0, 0.1) is 13.8 Å². The van der Waals surface area contributed by atoms with Crippen molar-refractivity contribution in [1.82, 2.24) is 25.0 Å². The molecular weight excluding hydrogens is 382 g/mol. The van der Waals surface area contributed by atoms with Crippen LogP contribution in [-0.2, 0) is 5.54 Å². The predicted octanol–water partition coefficient (Wildman–Crippen LogP) is 5.12. The largest absolute Gasteiger partial charge is 0.301 e. The standard InChI is InChI=1S/C26H41N5/c1-18(2)30-14-11-21(12-15-30)24-10-9-23(20(4)28-24)26(5,6)31-13-7-8-22(17-31)25-19(3)16-27-29-25/h9-10,16,18,21-22H,7-8,11-15,17H2,1-6H3,(H,27,29). The minimum absolute atomic E-state index is 0.0283. The van der Waals surface area contributed by atoms with Crippen LogP contribution in [0.2, 0.25) is 0 Å². The third-order valence-corrected chi connectivity index (χ3v) is 7.91. The summed E-state index contributed by atoms with van der Waals surface area (Å²) in [5.41, 5.74) is 6.37. The van der Waals surface area contributed by atoms with E-state index >= 15 is 0 Å². The second-order valence-corrected chi connectivity index (χ2v) is 10.6. The second kappa shape index (κ2) is 9.03. The summed E-state index contributed by atoms with van der Waals surface area (Å²) in [4.78, 5) is 10.4. The number of nitrogens with zero attached hydrogens (tertiary/aromatic N) is 4. The number of aromatic amines is 1. The molecule has 2 aromatic heterocycles. The van der Waals surface area contributed by atoms with Crippen LogP contribution in [0.1, 0.15) is 93.4 Å². The minimum Gasteiger partial charge on any atom is -0.301 e. The van der Waals surface area contributed by atoms with Crippen molar-refractivity contribution in [2.75, 3.05) is 26.2 Å². The fourth-order valence-corrected chi connectivity index (χ4v) is 5.82. The Morgan fingerprint density at radius 3 is 2.39 bits per heavy atom. The van der Waals surface area contributed by atoms with E-state index in [4.69, 9.17) is 4.98 Å². The number of nitrogens with one attached hydrogen (secondary N) is 1. The van der Waals surface area contributed by atoms with Crippen molar-refractivity contribution >= 4 is 0 Å². The molecule has 0 radical (unpaired) electrons. The topological polar surface area (TPSA) is 48.1 Å². The van der Waals surface area contributed by atoms with Crippen molar-refractivity contribution in [2.24, 2.45) is 0 Å². The molecular formula is C26H41N5. The smallest absolute Gasteiger partial charge is 0.0694 e. The van der Waals surface area contributed by atoms with Crippen LogP contribution in [0.25, 0.3) is 0 Å². The molecule has 0 aliphatic carbocycles. The van der Waals surface area contributed by atoms with Gasteiger partial charge in [0.05, 0.1) is 5.69 Å². The Balaban J connectivity index is 1.49. The molecule has 5 heteroatoms. The molecule has 1 atom stereocenters. The quantitative estimate of drug-likeness (QED) is 0.725. The van der Waals surface area contributed by atoms with Crippen LogP contribution in [0.3, 0.4) is 0 Å². The van der Waals surface area contributed by atoms with Crippen LogP contribution in [0.5, 0.6) is 0 Å². The number of pyridine rings is 1. The van der Waals surface area contributed by atoms with Gasteiger partial charge in [-0.25, -0.2) is 0 Å². The number of likely N-dealkylation sites (tertiary alicyclic amines) is 2. The second-order valence-electron chi connectivity index (χ2n) is 10.6. The molecule has 31 heavy (non-hydrogen) atoms. The lowest BCUT2D eigenvalue weighted by molar-refractivity contribution is 0.0814. The Labute approximate surface area is 188 Å². The summed E-state index contributed by atoms with van der Waals surface area (Å²) in [7, 11) is 0. The first-order valence-electron chi connectivity index (χ1n) is 12.2. The molecule has 4 heterocycles. The Kier molecular flexibility index (Phi) is 6.55. The molecule has 2 aliphatic heterocycles. The van der Waals surface area contributed by atoms with Crippen LogP contribution in [0.4, 0.5) is 0 Å². The third kappa shape index (κ3) is 4.58. The van der Waals surface area contributed by atoms with Gasteiger partial charge in [0, 0.05) is 47.5 Å². The molecule has 5 nitrogen and oxygen atoms in total. The summed E-state index contributed by atoms with van der Waals surface area (Å²) in [5, 5.41) is 7.61. The minimum atomic E-state index is -0.0283. The number of rotatable bonds is 5. The van der Waals surface area contributed by atoms with E-state index in [1.165, 1.54) is 67.0 Å². The first-order chi connectivity index (χ1) is 14.8. The van der Waals surface area contributed by atoms with E-state index in [2.05, 4.69) is 73.7 Å². The molecule has 1 unspecified atom stereocenters. The number of hydrogen-bond acceptors (Lipinski definition) is 4. The van der Waals surface area contributed by atoms with Gasteiger partial charge < -0.3 is 4.90 Å². The van der Waals surface area contributed by atoms with E-state index in [0.29, 0.717) is 17.9 Å². The first-order valence-corrected chi connectivity index (χ1v) is 12.2. The summed E-state index contributed by atoms with van der Waals surface area (Å²) in [6, 6.07) is 5.34. The zero-order valence-corrected chi connectivity index (χ0v) is 20.4. The third-order valence-electron chi connectivity index (χ3n) is 7.91. The van der Waals surface area contributed by atoms with Gasteiger partial charge in [0.2, 0.25) is 0 Å². The molecule has 170 valence electrons. The van der Waals surface area contributed by atoms with Crippen LogP contribution in [-0.4, -0.2) is 57.2 Å². The van der Waals surface area contributed by atoms with Gasteiger partial charge in [-0.3, -0.25) is 15.0 Å². The highest BCUT2D eigenvalue weighted by molar-refractivity contribution is 5.31. The van der Waals surface area contributed by atoms with Gasteiger partial charge in [-0.15, -0.1) is 0 Å². The Morgan fingerprint density at radius 1 is 1.03 bits per heavy atom. The van der Waals surface area contributed by atoms with Crippen molar-refractivity contribution in [1.29, 1.82) is 0 Å². The zero-order chi connectivity index (χ0) is 22.2. The van der Waals surface area contributed by atoms with Crippen LogP contribution < -0.4 is 0 Å². The summed E-state index contributed by atoms with van der Waals surface area (Å²) in [6.07, 6.45) is 6.93. The summed E-state index contributed by atoms with van der Waals surface area (Å²) >= 11 is 0. The summed E-state index contributed by atoms with van der Waals surface area (Å²) in [6.45, 7) is 18.3. The summed E-state index contributed by atoms with van der Waals surface area (Å²) < 4.78 is 0. The monoisotopic (exact) mass is 423 g/mol. The highest BCUT2D eigenvalue weighted by atomic mass is 15.2. The Bertz CT molecular complexity index is 876. The van der Waals surface area contributed by atoms with Crippen molar-refractivity contribution in [3.05, 3.63) is 46.5 Å². The number of aromatic nitrogens is 3. The van der Waals surface area contributed by atoms with Gasteiger partial charge >= 0.3 is 0 Å². The lowest BCUT2D eigenvalue weighted by Gasteiger charge is -2.44. The van der Waals surface area contributed by atoms with E-state index < -0.39 is 0 Å². The lowest BCUT2D eigenvalue weighted by atomic mass is 9.84. The lowest BCUT2D eigenvalue weighted by Crippen LogP contribution is -2.47. The number of aryl methyl sites for hydroxylation is 2. The van der Waals surface area contributed by atoms with Crippen molar-refractivity contribution in [2.45, 2.75) is 90.6 Å². The molecule has 4 rings (SSSR count). The SMILES string of the molecule is Cc1c[nH]nc1C1CCCN(C(C)(C)c2ccc(C3CCN(C(C)C)CC3)nc2C)C1. The maximum atomic E-state index is 5.15. The molecule has 2 saturated heterocycles. The van der Waals surface area contributed by atoms with E-state index in [9.17, 15) is 0 Å². The predicted molar refractivity (Wildman–Crippen MR) is 128 cm³/mol. The molecule has 2 aromatic rings. The van der Waals surface area contributed by atoms with E-state index in [-0.39, 0.29) is 5.54 Å². The molecule has 2 fully saturated rings. The molecule has 0 amide bonds. The van der Waals surface area contributed by atoms with Crippen LogP contribution >= 0.6 is 0 Å². The zero-order valence-electron chi connectivity index (χ0n) is 20.4. The Hall–Kier alpha value is -1.72. The molecule has 1 N–H and O–H groups in total. The maximum Gasteiger partial charge on any atom is 0.0694 e.